The van der Waals surface area contributed by atoms with Gasteiger partial charge in [0.2, 0.25) is 0 Å². The highest BCUT2D eigenvalue weighted by Crippen LogP contribution is 2.14. The first kappa shape index (κ1) is 13.0. The van der Waals surface area contributed by atoms with Gasteiger partial charge >= 0.3 is 0 Å². The molecule has 0 saturated carbocycles. The molecular weight excluding hydrogens is 242 g/mol. The van der Waals surface area contributed by atoms with Gasteiger partial charge in [-0.2, -0.15) is 0 Å². The molecule has 0 spiro atoms. The van der Waals surface area contributed by atoms with E-state index in [0.29, 0.717) is 17.8 Å². The van der Waals surface area contributed by atoms with Crippen molar-refractivity contribution in [3.63, 3.8) is 0 Å². The zero-order valence-corrected chi connectivity index (χ0v) is 10.6. The van der Waals surface area contributed by atoms with Crippen molar-refractivity contribution in [3.05, 3.63) is 53.6 Å². The van der Waals surface area contributed by atoms with Crippen molar-refractivity contribution < 1.29 is 4.79 Å². The SMILES string of the molecule is Cc1cc(NN)c(C(=O)NCc2ccccn2)cn1. The zero-order valence-electron chi connectivity index (χ0n) is 10.6. The van der Waals surface area contributed by atoms with E-state index in [4.69, 9.17) is 5.84 Å². The second-order valence-electron chi connectivity index (χ2n) is 4.02. The monoisotopic (exact) mass is 257 g/mol. The number of carbonyl (C=O) groups excluding carboxylic acids is 1. The standard InChI is InChI=1S/C13H15N5O/c1-9-6-12(18-14)11(8-16-9)13(19)17-7-10-4-2-3-5-15-10/h2-6,8H,7,14H2,1H3,(H,16,18)(H,17,19). The van der Waals surface area contributed by atoms with Crippen LogP contribution in [0.15, 0.2) is 36.7 Å². The van der Waals surface area contributed by atoms with Gasteiger partial charge in [0, 0.05) is 18.1 Å². The molecule has 6 nitrogen and oxygen atoms in total. The fourth-order valence-electron chi connectivity index (χ4n) is 1.63. The largest absolute Gasteiger partial charge is 0.346 e. The van der Waals surface area contributed by atoms with Crippen LogP contribution in [-0.2, 0) is 6.54 Å². The molecule has 0 aromatic carbocycles. The average Bonchev–Trinajstić information content (AvgIpc) is 2.45. The van der Waals surface area contributed by atoms with Crippen LogP contribution >= 0.6 is 0 Å². The minimum atomic E-state index is -0.244. The number of hydrogen-bond donors (Lipinski definition) is 3. The molecule has 1 amide bonds. The lowest BCUT2D eigenvalue weighted by Gasteiger charge is -2.09. The molecule has 2 aromatic rings. The summed E-state index contributed by atoms with van der Waals surface area (Å²) in [6.45, 7) is 2.19. The fraction of sp³-hybridized carbons (Fsp3) is 0.154. The predicted molar refractivity (Wildman–Crippen MR) is 72.2 cm³/mol. The van der Waals surface area contributed by atoms with Crippen LogP contribution in [-0.4, -0.2) is 15.9 Å². The van der Waals surface area contributed by atoms with E-state index in [1.165, 1.54) is 6.20 Å². The van der Waals surface area contributed by atoms with Crippen molar-refractivity contribution in [2.75, 3.05) is 5.43 Å². The molecule has 0 aliphatic carbocycles. The van der Waals surface area contributed by atoms with Crippen molar-refractivity contribution in [1.29, 1.82) is 0 Å². The maximum absolute atomic E-state index is 12.0. The molecule has 2 heterocycles. The third-order valence-electron chi connectivity index (χ3n) is 2.60. The smallest absolute Gasteiger partial charge is 0.255 e. The van der Waals surface area contributed by atoms with E-state index in [1.807, 2.05) is 25.1 Å². The first-order valence-corrected chi connectivity index (χ1v) is 5.82. The number of aromatic nitrogens is 2. The molecule has 2 rings (SSSR count). The Balaban J connectivity index is 2.08. The Morgan fingerprint density at radius 3 is 2.89 bits per heavy atom. The molecule has 19 heavy (non-hydrogen) atoms. The van der Waals surface area contributed by atoms with E-state index in [2.05, 4.69) is 20.7 Å². The van der Waals surface area contributed by atoms with Gasteiger partial charge in [-0.15, -0.1) is 0 Å². The van der Waals surface area contributed by atoms with Crippen molar-refractivity contribution >= 4 is 11.6 Å². The van der Waals surface area contributed by atoms with Gasteiger partial charge < -0.3 is 10.7 Å². The van der Waals surface area contributed by atoms with E-state index in [0.717, 1.165) is 11.4 Å². The van der Waals surface area contributed by atoms with Gasteiger partial charge in [-0.05, 0) is 25.1 Å². The van der Waals surface area contributed by atoms with Crippen molar-refractivity contribution in [2.45, 2.75) is 13.5 Å². The number of rotatable bonds is 4. The number of nitrogens with one attached hydrogen (secondary N) is 2. The summed E-state index contributed by atoms with van der Waals surface area (Å²) in [6.07, 6.45) is 3.18. The van der Waals surface area contributed by atoms with Gasteiger partial charge in [-0.3, -0.25) is 20.6 Å². The average molecular weight is 257 g/mol. The van der Waals surface area contributed by atoms with E-state index >= 15 is 0 Å². The van der Waals surface area contributed by atoms with Crippen molar-refractivity contribution in [2.24, 2.45) is 5.84 Å². The van der Waals surface area contributed by atoms with Gasteiger partial charge in [0.1, 0.15) is 0 Å². The summed E-state index contributed by atoms with van der Waals surface area (Å²) in [6, 6.07) is 7.26. The lowest BCUT2D eigenvalue weighted by Crippen LogP contribution is -2.25. The van der Waals surface area contributed by atoms with Crippen LogP contribution in [0.1, 0.15) is 21.7 Å². The molecule has 0 aliphatic heterocycles. The van der Waals surface area contributed by atoms with Gasteiger partial charge in [-0.25, -0.2) is 0 Å². The van der Waals surface area contributed by atoms with Crippen LogP contribution in [0.5, 0.6) is 0 Å². The number of carbonyl (C=O) groups is 1. The van der Waals surface area contributed by atoms with Crippen LogP contribution in [0.2, 0.25) is 0 Å². The summed E-state index contributed by atoms with van der Waals surface area (Å²) in [5.41, 5.74) is 5.03. The number of nitrogens with zero attached hydrogens (tertiary/aromatic N) is 2. The first-order chi connectivity index (χ1) is 9.20. The van der Waals surface area contributed by atoms with E-state index in [1.54, 1.807) is 12.3 Å². The maximum atomic E-state index is 12.0. The summed E-state index contributed by atoms with van der Waals surface area (Å²) in [5.74, 6) is 5.15. The highest BCUT2D eigenvalue weighted by Gasteiger charge is 2.11. The van der Waals surface area contributed by atoms with Crippen molar-refractivity contribution in [3.8, 4) is 0 Å². The molecule has 0 bridgehead atoms. The number of hydrogen-bond acceptors (Lipinski definition) is 5. The number of nitrogen functional groups attached to an aromatic ring is 1. The van der Waals surface area contributed by atoms with Crippen LogP contribution < -0.4 is 16.6 Å². The van der Waals surface area contributed by atoms with E-state index < -0.39 is 0 Å². The summed E-state index contributed by atoms with van der Waals surface area (Å²) >= 11 is 0. The fourth-order valence-corrected chi connectivity index (χ4v) is 1.63. The van der Waals surface area contributed by atoms with Gasteiger partial charge in [-0.1, -0.05) is 6.07 Å². The molecule has 0 atom stereocenters. The highest BCUT2D eigenvalue weighted by molar-refractivity contribution is 5.99. The molecule has 98 valence electrons. The zero-order chi connectivity index (χ0) is 13.7. The third-order valence-corrected chi connectivity index (χ3v) is 2.60. The van der Waals surface area contributed by atoms with Gasteiger partial charge in [0.15, 0.2) is 0 Å². The molecule has 0 saturated heterocycles. The molecule has 0 radical (unpaired) electrons. The van der Waals surface area contributed by atoms with Crippen LogP contribution in [0.3, 0.4) is 0 Å². The van der Waals surface area contributed by atoms with Gasteiger partial charge in [0.25, 0.3) is 5.91 Å². The Bertz CT molecular complexity index is 571. The van der Waals surface area contributed by atoms with E-state index in [-0.39, 0.29) is 5.91 Å². The Kier molecular flexibility index (Phi) is 4.04. The minimum Gasteiger partial charge on any atom is -0.346 e. The summed E-state index contributed by atoms with van der Waals surface area (Å²) in [5, 5.41) is 2.77. The summed E-state index contributed by atoms with van der Waals surface area (Å²) in [4.78, 5) is 20.3. The van der Waals surface area contributed by atoms with Crippen LogP contribution in [0, 0.1) is 6.92 Å². The van der Waals surface area contributed by atoms with Crippen LogP contribution in [0.4, 0.5) is 5.69 Å². The van der Waals surface area contributed by atoms with Crippen LogP contribution in [0.25, 0.3) is 0 Å². The number of hydrazine groups is 1. The second kappa shape index (κ2) is 5.92. The quantitative estimate of drug-likeness (QED) is 0.561. The number of pyridine rings is 2. The van der Waals surface area contributed by atoms with Gasteiger partial charge in [0.05, 0.1) is 23.5 Å². The number of nitrogens with two attached hydrogens (primary N) is 1. The molecule has 0 unspecified atom stereocenters. The number of aryl methyl sites for hydroxylation is 1. The summed E-state index contributed by atoms with van der Waals surface area (Å²) in [7, 11) is 0. The Morgan fingerprint density at radius 1 is 1.37 bits per heavy atom. The molecule has 0 fully saturated rings. The lowest BCUT2D eigenvalue weighted by molar-refractivity contribution is 0.0951. The Morgan fingerprint density at radius 2 is 2.21 bits per heavy atom. The topological polar surface area (TPSA) is 92.9 Å². The van der Waals surface area contributed by atoms with E-state index in [9.17, 15) is 4.79 Å². The molecule has 0 aliphatic rings. The molecule has 2 aromatic heterocycles. The number of anilines is 1. The third kappa shape index (κ3) is 3.26. The molecule has 6 heteroatoms. The minimum absolute atomic E-state index is 0.244. The normalized spacial score (nSPS) is 10.0. The predicted octanol–water partition coefficient (Wildman–Crippen LogP) is 1.00. The number of amides is 1. The second-order valence-corrected chi connectivity index (χ2v) is 4.02. The summed E-state index contributed by atoms with van der Waals surface area (Å²) < 4.78 is 0. The Hall–Kier alpha value is -2.47. The lowest BCUT2D eigenvalue weighted by atomic mass is 10.2. The van der Waals surface area contributed by atoms with Crippen molar-refractivity contribution in [1.82, 2.24) is 15.3 Å². The highest BCUT2D eigenvalue weighted by atomic mass is 16.1. The first-order valence-electron chi connectivity index (χ1n) is 5.82. The molecule has 4 N–H and O–H groups in total. The maximum Gasteiger partial charge on any atom is 0.255 e. The molecular formula is C13H15N5O. The Labute approximate surface area is 111 Å².